The van der Waals surface area contributed by atoms with E-state index in [2.05, 4.69) is 5.32 Å². The quantitative estimate of drug-likeness (QED) is 0.635. The van der Waals surface area contributed by atoms with Gasteiger partial charge in [0, 0.05) is 36.5 Å². The second-order valence-electron chi connectivity index (χ2n) is 6.87. The van der Waals surface area contributed by atoms with E-state index in [9.17, 15) is 14.9 Å². The molecule has 2 aliphatic heterocycles. The van der Waals surface area contributed by atoms with Gasteiger partial charge in [-0.1, -0.05) is 6.07 Å². The summed E-state index contributed by atoms with van der Waals surface area (Å²) < 4.78 is 16.3. The second-order valence-corrected chi connectivity index (χ2v) is 6.87. The van der Waals surface area contributed by atoms with Crippen molar-refractivity contribution in [3.05, 3.63) is 33.9 Å². The molecule has 1 saturated heterocycles. The highest BCUT2D eigenvalue weighted by Gasteiger charge is 2.53. The number of fused-ring (bicyclic) bond motifs is 1. The Hall–Kier alpha value is -2.35. The van der Waals surface area contributed by atoms with E-state index in [-0.39, 0.29) is 23.0 Å². The highest BCUT2D eigenvalue weighted by atomic mass is 16.7. The zero-order valence-corrected chi connectivity index (χ0v) is 13.7. The molecule has 0 bridgehead atoms. The van der Waals surface area contributed by atoms with E-state index < -0.39 is 12.0 Å². The van der Waals surface area contributed by atoms with Gasteiger partial charge in [-0.2, -0.15) is 0 Å². The van der Waals surface area contributed by atoms with E-state index in [0.717, 1.165) is 24.2 Å². The minimum absolute atomic E-state index is 0.218. The van der Waals surface area contributed by atoms with E-state index in [1.54, 1.807) is 0 Å². The van der Waals surface area contributed by atoms with Crippen molar-refractivity contribution in [3.63, 3.8) is 0 Å². The predicted octanol–water partition coefficient (Wildman–Crippen LogP) is 1.24. The van der Waals surface area contributed by atoms with Crippen LogP contribution in [-0.2, 0) is 14.9 Å². The molecule has 8 heteroatoms. The van der Waals surface area contributed by atoms with Crippen LogP contribution in [-0.4, -0.2) is 43.4 Å². The molecule has 8 nitrogen and oxygen atoms in total. The number of nitrogens with one attached hydrogen (secondary N) is 1. The number of hydrogen-bond acceptors (Lipinski definition) is 6. The smallest absolute Gasteiger partial charge is 0.231 e. The zero-order valence-electron chi connectivity index (χ0n) is 13.7. The maximum Gasteiger partial charge on any atom is 0.231 e. The minimum atomic E-state index is -0.726. The molecule has 2 atom stereocenters. The lowest BCUT2D eigenvalue weighted by molar-refractivity contribution is -0.497. The van der Waals surface area contributed by atoms with Gasteiger partial charge >= 0.3 is 0 Å². The van der Waals surface area contributed by atoms with Gasteiger partial charge < -0.3 is 19.5 Å². The molecule has 4 rings (SSSR count). The summed E-state index contributed by atoms with van der Waals surface area (Å²) in [5, 5.41) is 13.7. The number of rotatable bonds is 5. The predicted molar refractivity (Wildman–Crippen MR) is 86.2 cm³/mol. The Labute approximate surface area is 144 Å². The normalized spacial score (nSPS) is 26.1. The summed E-state index contributed by atoms with van der Waals surface area (Å²) in [6, 6.07) is 5.13. The molecule has 2 unspecified atom stereocenters. The summed E-state index contributed by atoms with van der Waals surface area (Å²) >= 11 is 0. The Balaban J connectivity index is 1.50. The first-order valence-electron chi connectivity index (χ1n) is 8.48. The number of ether oxygens (including phenoxy) is 3. The molecule has 2 fully saturated rings. The third-order valence-corrected chi connectivity index (χ3v) is 5.40. The molecule has 25 heavy (non-hydrogen) atoms. The van der Waals surface area contributed by atoms with E-state index >= 15 is 0 Å². The van der Waals surface area contributed by atoms with Gasteiger partial charge in [-0.25, -0.2) is 0 Å². The molecule has 1 aliphatic carbocycles. The highest BCUT2D eigenvalue weighted by molar-refractivity contribution is 5.82. The standard InChI is InChI=1S/C17H20N2O6/c20-16(12-8-13(12)19(21)22)18-9-17(3-5-23-6-4-17)11-1-2-14-15(7-11)25-10-24-14/h1-2,7,12-13H,3-6,8-10H2,(H,18,20). The first-order valence-corrected chi connectivity index (χ1v) is 8.48. The molecule has 134 valence electrons. The van der Waals surface area contributed by atoms with Gasteiger partial charge in [0.15, 0.2) is 11.5 Å². The summed E-state index contributed by atoms with van der Waals surface area (Å²) in [5.74, 6) is 0.712. The number of nitrogens with zero attached hydrogens (tertiary/aromatic N) is 1. The Morgan fingerprint density at radius 1 is 1.28 bits per heavy atom. The highest BCUT2D eigenvalue weighted by Crippen LogP contribution is 2.41. The Kier molecular flexibility index (Phi) is 3.99. The van der Waals surface area contributed by atoms with Crippen molar-refractivity contribution in [1.29, 1.82) is 0 Å². The lowest BCUT2D eigenvalue weighted by Gasteiger charge is -2.38. The van der Waals surface area contributed by atoms with Crippen molar-refractivity contribution in [2.75, 3.05) is 26.6 Å². The van der Waals surface area contributed by atoms with Crippen LogP contribution in [0.15, 0.2) is 18.2 Å². The van der Waals surface area contributed by atoms with Crippen molar-refractivity contribution in [3.8, 4) is 11.5 Å². The molecule has 1 N–H and O–H groups in total. The summed E-state index contributed by atoms with van der Waals surface area (Å²) in [4.78, 5) is 22.6. The van der Waals surface area contributed by atoms with Crippen LogP contribution in [0, 0.1) is 16.0 Å². The largest absolute Gasteiger partial charge is 0.454 e. The monoisotopic (exact) mass is 348 g/mol. The fourth-order valence-corrected chi connectivity index (χ4v) is 3.64. The van der Waals surface area contributed by atoms with Crippen LogP contribution < -0.4 is 14.8 Å². The van der Waals surface area contributed by atoms with Crippen molar-refractivity contribution >= 4 is 5.91 Å². The van der Waals surface area contributed by atoms with Crippen molar-refractivity contribution in [1.82, 2.24) is 5.32 Å². The van der Waals surface area contributed by atoms with Crippen molar-refractivity contribution in [2.45, 2.75) is 30.7 Å². The molecule has 0 radical (unpaired) electrons. The molecule has 3 aliphatic rings. The average Bonchev–Trinajstić information content (AvgIpc) is 3.31. The van der Waals surface area contributed by atoms with Gasteiger partial charge in [-0.05, 0) is 30.5 Å². The first-order chi connectivity index (χ1) is 12.1. The van der Waals surface area contributed by atoms with E-state index in [0.29, 0.717) is 31.9 Å². The number of amides is 1. The SMILES string of the molecule is O=C(NCC1(c2ccc3c(c2)OCO3)CCOCC1)C1CC1[N+](=O)[O-]. The summed E-state index contributed by atoms with van der Waals surface area (Å²) in [6.07, 6.45) is 1.88. The third kappa shape index (κ3) is 3.02. The lowest BCUT2D eigenvalue weighted by atomic mass is 9.74. The van der Waals surface area contributed by atoms with Crippen molar-refractivity contribution in [2.24, 2.45) is 5.92 Å². The van der Waals surface area contributed by atoms with Crippen LogP contribution >= 0.6 is 0 Å². The molecule has 1 aromatic carbocycles. The molecule has 0 spiro atoms. The van der Waals surface area contributed by atoms with Gasteiger partial charge in [0.25, 0.3) is 0 Å². The van der Waals surface area contributed by atoms with Crippen LogP contribution in [0.3, 0.4) is 0 Å². The van der Waals surface area contributed by atoms with Gasteiger partial charge in [-0.15, -0.1) is 0 Å². The number of carbonyl (C=O) groups excluding carboxylic acids is 1. The maximum atomic E-state index is 12.2. The van der Waals surface area contributed by atoms with E-state index in [1.807, 2.05) is 18.2 Å². The number of hydrogen-bond donors (Lipinski definition) is 1. The third-order valence-electron chi connectivity index (χ3n) is 5.40. The van der Waals surface area contributed by atoms with Crippen LogP contribution in [0.2, 0.25) is 0 Å². The van der Waals surface area contributed by atoms with Gasteiger partial charge in [0.2, 0.25) is 18.7 Å². The van der Waals surface area contributed by atoms with Crippen LogP contribution in [0.5, 0.6) is 11.5 Å². The zero-order chi connectivity index (χ0) is 17.4. The Bertz CT molecular complexity index is 700. The maximum absolute atomic E-state index is 12.2. The Morgan fingerprint density at radius 2 is 2.04 bits per heavy atom. The molecular weight excluding hydrogens is 328 g/mol. The molecule has 1 saturated carbocycles. The van der Waals surface area contributed by atoms with E-state index in [4.69, 9.17) is 14.2 Å². The number of carbonyl (C=O) groups is 1. The summed E-state index contributed by atoms with van der Waals surface area (Å²) in [6.45, 7) is 1.89. The van der Waals surface area contributed by atoms with Crippen molar-refractivity contribution < 1.29 is 23.9 Å². The number of nitro groups is 1. The van der Waals surface area contributed by atoms with Crippen LogP contribution in [0.4, 0.5) is 0 Å². The topological polar surface area (TPSA) is 99.9 Å². The van der Waals surface area contributed by atoms with Gasteiger partial charge in [0.1, 0.15) is 5.92 Å². The van der Waals surface area contributed by atoms with Gasteiger partial charge in [-0.3, -0.25) is 14.9 Å². The van der Waals surface area contributed by atoms with Gasteiger partial charge in [0.05, 0.1) is 0 Å². The summed E-state index contributed by atoms with van der Waals surface area (Å²) in [7, 11) is 0. The fraction of sp³-hybridized carbons (Fsp3) is 0.588. The minimum Gasteiger partial charge on any atom is -0.454 e. The van der Waals surface area contributed by atoms with E-state index in [1.165, 1.54) is 0 Å². The molecule has 1 aromatic rings. The fourth-order valence-electron chi connectivity index (χ4n) is 3.64. The number of benzene rings is 1. The second kappa shape index (κ2) is 6.18. The molecule has 0 aromatic heterocycles. The van der Waals surface area contributed by atoms with Crippen LogP contribution in [0.25, 0.3) is 0 Å². The molecular formula is C17H20N2O6. The first kappa shape index (κ1) is 16.1. The molecule has 2 heterocycles. The molecule has 1 amide bonds. The average molecular weight is 348 g/mol. The van der Waals surface area contributed by atoms with Crippen LogP contribution in [0.1, 0.15) is 24.8 Å². The summed E-state index contributed by atoms with van der Waals surface area (Å²) in [5.41, 5.74) is 0.815. The Morgan fingerprint density at radius 3 is 2.76 bits per heavy atom. The lowest BCUT2D eigenvalue weighted by Crippen LogP contribution is -2.45.